The first-order chi connectivity index (χ1) is 21.2. The predicted molar refractivity (Wildman–Crippen MR) is 181 cm³/mol. The van der Waals surface area contributed by atoms with Crippen LogP contribution in [-0.2, 0) is 29.1 Å². The quantitative estimate of drug-likeness (QED) is 0.162. The summed E-state index contributed by atoms with van der Waals surface area (Å²) in [5, 5.41) is 5.18. The minimum Gasteiger partial charge on any atom is -0.355 e. The van der Waals surface area contributed by atoms with Crippen molar-refractivity contribution in [3.63, 3.8) is 0 Å². The molecular formula is C36H50N6O2. The number of carbonyl (C=O) groups is 2. The summed E-state index contributed by atoms with van der Waals surface area (Å²) >= 11 is 0. The van der Waals surface area contributed by atoms with Crippen LogP contribution in [0.4, 0.5) is 0 Å². The van der Waals surface area contributed by atoms with Crippen LogP contribution in [-0.4, -0.2) is 28.8 Å². The van der Waals surface area contributed by atoms with Gasteiger partial charge in [-0.2, -0.15) is 0 Å². The molecule has 2 atom stereocenters. The summed E-state index contributed by atoms with van der Waals surface area (Å²) in [6.45, 7) is 11.4. The summed E-state index contributed by atoms with van der Waals surface area (Å²) in [6.07, 6.45) is 10.5. The SMILES string of the molecule is CC(C)c1cncc(CNC=O)c1.CC(N)Cc1ccccc1.CCC(N)c1ccccc1.Cc1cncc(CNC=O)c1. The Bertz CT molecular complexity index is 1300. The van der Waals surface area contributed by atoms with Crippen LogP contribution in [0.1, 0.15) is 79.5 Å². The largest absolute Gasteiger partial charge is 0.355 e. The van der Waals surface area contributed by atoms with Crippen molar-refractivity contribution in [3.8, 4) is 0 Å². The average molecular weight is 599 g/mol. The zero-order valence-electron chi connectivity index (χ0n) is 26.8. The Labute approximate surface area is 263 Å². The number of hydrogen-bond acceptors (Lipinski definition) is 6. The lowest BCUT2D eigenvalue weighted by molar-refractivity contribution is -0.110. The molecule has 44 heavy (non-hydrogen) atoms. The molecule has 0 aliphatic heterocycles. The molecule has 0 spiro atoms. The number of rotatable bonds is 11. The van der Waals surface area contributed by atoms with E-state index < -0.39 is 0 Å². The molecule has 0 aliphatic carbocycles. The number of aromatic nitrogens is 2. The standard InChI is InChI=1S/C10H14N2O.2C9H13N.C8H10N2O/c1-8(2)10-3-9(4-11-6-10)5-12-7-13;1-8(10)7-9-5-3-2-4-6-9;1-2-9(10)8-6-4-3-5-7-8;1-7-2-8(4-9-3-7)5-10-6-11/h3-4,6-8H,5H2,1-2H3,(H,12,13);2-6,8H,7,10H2,1H3;3-7,9H,2,10H2,1H3;2-4,6H,5H2,1H3,(H,10,11). The lowest BCUT2D eigenvalue weighted by atomic mass is 10.0. The molecule has 4 rings (SSSR count). The monoisotopic (exact) mass is 598 g/mol. The summed E-state index contributed by atoms with van der Waals surface area (Å²) in [5.41, 5.74) is 18.3. The molecule has 0 fully saturated rings. The van der Waals surface area contributed by atoms with E-state index in [4.69, 9.17) is 11.5 Å². The number of amides is 2. The summed E-state index contributed by atoms with van der Waals surface area (Å²) in [5.74, 6) is 0.476. The van der Waals surface area contributed by atoms with Gasteiger partial charge < -0.3 is 22.1 Å². The van der Waals surface area contributed by atoms with Crippen molar-refractivity contribution in [1.29, 1.82) is 0 Å². The number of hydrogen-bond donors (Lipinski definition) is 4. The highest BCUT2D eigenvalue weighted by atomic mass is 16.1. The van der Waals surface area contributed by atoms with Gasteiger partial charge in [-0.25, -0.2) is 0 Å². The second-order valence-corrected chi connectivity index (χ2v) is 10.7. The number of pyridine rings is 2. The summed E-state index contributed by atoms with van der Waals surface area (Å²) < 4.78 is 0. The van der Waals surface area contributed by atoms with Crippen LogP contribution in [0.25, 0.3) is 0 Å². The Morgan fingerprint density at radius 1 is 0.705 bits per heavy atom. The minimum absolute atomic E-state index is 0.209. The first kappa shape index (κ1) is 37.6. The van der Waals surface area contributed by atoms with Crippen molar-refractivity contribution >= 4 is 12.8 Å². The van der Waals surface area contributed by atoms with E-state index in [2.05, 4.69) is 71.7 Å². The molecule has 2 aromatic heterocycles. The van der Waals surface area contributed by atoms with Crippen molar-refractivity contribution in [2.75, 3.05) is 0 Å². The number of aryl methyl sites for hydroxylation is 1. The van der Waals surface area contributed by atoms with E-state index >= 15 is 0 Å². The van der Waals surface area contributed by atoms with Crippen molar-refractivity contribution in [2.24, 2.45) is 11.5 Å². The van der Waals surface area contributed by atoms with Crippen LogP contribution in [0.2, 0.25) is 0 Å². The Hall–Kier alpha value is -4.40. The van der Waals surface area contributed by atoms with Crippen LogP contribution in [0.15, 0.2) is 97.6 Å². The maximum atomic E-state index is 10.1. The van der Waals surface area contributed by atoms with Gasteiger partial charge in [0.15, 0.2) is 0 Å². The zero-order chi connectivity index (χ0) is 32.6. The highest BCUT2D eigenvalue weighted by Gasteiger charge is 2.01. The molecule has 8 nitrogen and oxygen atoms in total. The van der Waals surface area contributed by atoms with Crippen LogP contribution < -0.4 is 22.1 Å². The molecule has 2 unspecified atom stereocenters. The van der Waals surface area contributed by atoms with Gasteiger partial charge in [0.05, 0.1) is 0 Å². The van der Waals surface area contributed by atoms with Crippen LogP contribution >= 0.6 is 0 Å². The third kappa shape index (κ3) is 17.5. The fourth-order valence-corrected chi connectivity index (χ4v) is 3.88. The van der Waals surface area contributed by atoms with Gasteiger partial charge >= 0.3 is 0 Å². The van der Waals surface area contributed by atoms with E-state index in [0.29, 0.717) is 31.8 Å². The molecule has 4 aromatic rings. The topological polar surface area (TPSA) is 136 Å². The van der Waals surface area contributed by atoms with Gasteiger partial charge in [-0.1, -0.05) is 93.6 Å². The molecule has 8 heteroatoms. The highest BCUT2D eigenvalue weighted by molar-refractivity contribution is 5.46. The van der Waals surface area contributed by atoms with E-state index in [0.717, 1.165) is 29.5 Å². The Kier molecular flexibility index (Phi) is 19.8. The lowest BCUT2D eigenvalue weighted by Crippen LogP contribution is -2.17. The van der Waals surface area contributed by atoms with Crippen molar-refractivity contribution < 1.29 is 9.59 Å². The minimum atomic E-state index is 0.209. The molecule has 0 saturated carbocycles. The van der Waals surface area contributed by atoms with Gasteiger partial charge in [0.1, 0.15) is 0 Å². The summed E-state index contributed by atoms with van der Waals surface area (Å²) in [6, 6.07) is 25.0. The van der Waals surface area contributed by atoms with E-state index in [1.54, 1.807) is 18.6 Å². The van der Waals surface area contributed by atoms with Crippen molar-refractivity contribution in [3.05, 3.63) is 131 Å². The molecule has 2 aromatic carbocycles. The molecule has 0 aliphatic rings. The number of nitrogens with zero attached hydrogens (tertiary/aromatic N) is 2. The summed E-state index contributed by atoms with van der Waals surface area (Å²) in [7, 11) is 0. The Balaban J connectivity index is 0.000000295. The zero-order valence-corrected chi connectivity index (χ0v) is 26.8. The van der Waals surface area contributed by atoms with E-state index in [9.17, 15) is 9.59 Å². The van der Waals surface area contributed by atoms with E-state index in [1.165, 1.54) is 16.7 Å². The first-order valence-electron chi connectivity index (χ1n) is 15.0. The number of nitrogens with two attached hydrogens (primary N) is 2. The second-order valence-electron chi connectivity index (χ2n) is 10.7. The highest BCUT2D eigenvalue weighted by Crippen LogP contribution is 2.14. The molecular weight excluding hydrogens is 548 g/mol. The molecule has 2 amide bonds. The molecule has 0 radical (unpaired) electrons. The van der Waals surface area contributed by atoms with Crippen LogP contribution in [0.3, 0.4) is 0 Å². The van der Waals surface area contributed by atoms with Crippen LogP contribution in [0.5, 0.6) is 0 Å². The van der Waals surface area contributed by atoms with E-state index in [1.807, 2.05) is 62.5 Å². The maximum Gasteiger partial charge on any atom is 0.207 e. The van der Waals surface area contributed by atoms with Gasteiger partial charge in [-0.15, -0.1) is 0 Å². The number of carbonyl (C=O) groups excluding carboxylic acids is 2. The molecule has 0 saturated heterocycles. The normalized spacial score (nSPS) is 11.2. The molecule has 0 bridgehead atoms. The number of benzene rings is 2. The number of nitrogens with one attached hydrogen (secondary N) is 2. The first-order valence-corrected chi connectivity index (χ1v) is 15.0. The van der Waals surface area contributed by atoms with Gasteiger partial charge in [-0.05, 0) is 66.0 Å². The van der Waals surface area contributed by atoms with Gasteiger partial charge in [0.25, 0.3) is 0 Å². The molecule has 236 valence electrons. The maximum absolute atomic E-state index is 10.1. The third-order valence-electron chi connectivity index (χ3n) is 6.26. The van der Waals surface area contributed by atoms with Gasteiger partial charge in [0, 0.05) is 50.0 Å². The van der Waals surface area contributed by atoms with E-state index in [-0.39, 0.29) is 12.1 Å². The lowest BCUT2D eigenvalue weighted by Gasteiger charge is -2.06. The predicted octanol–water partition coefficient (Wildman–Crippen LogP) is 5.76. The van der Waals surface area contributed by atoms with Crippen LogP contribution in [0, 0.1) is 6.92 Å². The average Bonchev–Trinajstić information content (AvgIpc) is 3.04. The fourth-order valence-electron chi connectivity index (χ4n) is 3.88. The molecule has 6 N–H and O–H groups in total. The second kappa shape index (κ2) is 23.1. The van der Waals surface area contributed by atoms with Gasteiger partial charge in [0.2, 0.25) is 12.8 Å². The fraction of sp³-hybridized carbons (Fsp3) is 0.333. The third-order valence-corrected chi connectivity index (χ3v) is 6.26. The Morgan fingerprint density at radius 2 is 1.23 bits per heavy atom. The Morgan fingerprint density at radius 3 is 1.70 bits per heavy atom. The smallest absolute Gasteiger partial charge is 0.207 e. The van der Waals surface area contributed by atoms with Gasteiger partial charge in [-0.3, -0.25) is 19.6 Å². The van der Waals surface area contributed by atoms with Crippen molar-refractivity contribution in [2.45, 2.75) is 78.6 Å². The molecule has 2 heterocycles. The summed E-state index contributed by atoms with van der Waals surface area (Å²) in [4.78, 5) is 28.1. The van der Waals surface area contributed by atoms with Crippen molar-refractivity contribution in [1.82, 2.24) is 20.6 Å².